The molecular weight excluding hydrogens is 308 g/mol. The zero-order chi connectivity index (χ0) is 17.7. The molecule has 1 aliphatic heterocycles. The molecule has 6 nitrogen and oxygen atoms in total. The number of ether oxygens (including phenoxy) is 2. The van der Waals surface area contributed by atoms with Gasteiger partial charge in [-0.2, -0.15) is 5.26 Å². The van der Waals surface area contributed by atoms with Gasteiger partial charge in [-0.25, -0.2) is 9.59 Å². The molecule has 2 rings (SSSR count). The number of rotatable bonds is 3. The molecule has 0 N–H and O–H groups in total. The summed E-state index contributed by atoms with van der Waals surface area (Å²) >= 11 is 0. The summed E-state index contributed by atoms with van der Waals surface area (Å²) in [7, 11) is 0. The molecule has 0 aliphatic carbocycles. The standard InChI is InChI=1S/C18H22N2O4/c1-18(2,3)24-17(22)20-14(11-19)9-10-15(20)16(21)23-12-13-7-5-4-6-8-13/h4-8,14-15H,9-10,12H2,1-3H3/t14-,15+/m1/s1. The van der Waals surface area contributed by atoms with Crippen molar-refractivity contribution in [3.63, 3.8) is 0 Å². The summed E-state index contributed by atoms with van der Waals surface area (Å²) in [6.07, 6.45) is 0.166. The van der Waals surface area contributed by atoms with E-state index in [-0.39, 0.29) is 6.61 Å². The molecule has 0 aromatic heterocycles. The second-order valence-electron chi connectivity index (χ2n) is 6.72. The molecule has 6 heteroatoms. The van der Waals surface area contributed by atoms with Crippen LogP contribution in [0, 0.1) is 11.3 Å². The van der Waals surface area contributed by atoms with Gasteiger partial charge in [-0.15, -0.1) is 0 Å². The molecule has 0 radical (unpaired) electrons. The molecule has 128 valence electrons. The summed E-state index contributed by atoms with van der Waals surface area (Å²) in [5.74, 6) is -0.512. The van der Waals surface area contributed by atoms with E-state index in [1.54, 1.807) is 20.8 Å². The first-order chi connectivity index (χ1) is 11.3. The van der Waals surface area contributed by atoms with Crippen LogP contribution in [0.5, 0.6) is 0 Å². The molecule has 0 saturated carbocycles. The third-order valence-electron chi connectivity index (χ3n) is 3.63. The van der Waals surface area contributed by atoms with Crippen LogP contribution in [-0.2, 0) is 20.9 Å². The molecule has 1 heterocycles. The van der Waals surface area contributed by atoms with E-state index in [4.69, 9.17) is 9.47 Å². The van der Waals surface area contributed by atoms with Gasteiger partial charge in [0.15, 0.2) is 0 Å². The van der Waals surface area contributed by atoms with Crippen LogP contribution in [-0.4, -0.2) is 34.6 Å². The summed E-state index contributed by atoms with van der Waals surface area (Å²) in [6.45, 7) is 5.36. The molecule has 0 unspecified atom stereocenters. The van der Waals surface area contributed by atoms with Crippen LogP contribution >= 0.6 is 0 Å². The maximum atomic E-state index is 12.4. The number of hydrogen-bond acceptors (Lipinski definition) is 5. The van der Waals surface area contributed by atoms with Crippen molar-refractivity contribution in [3.8, 4) is 6.07 Å². The second kappa shape index (κ2) is 7.35. The summed E-state index contributed by atoms with van der Waals surface area (Å²) in [5, 5.41) is 9.24. The molecule has 24 heavy (non-hydrogen) atoms. The minimum Gasteiger partial charge on any atom is -0.459 e. The number of carbonyl (C=O) groups excluding carboxylic acids is 2. The van der Waals surface area contributed by atoms with E-state index in [0.29, 0.717) is 12.8 Å². The maximum Gasteiger partial charge on any atom is 0.412 e. The predicted molar refractivity (Wildman–Crippen MR) is 86.7 cm³/mol. The molecule has 0 spiro atoms. The highest BCUT2D eigenvalue weighted by atomic mass is 16.6. The Labute approximate surface area is 142 Å². The Balaban J connectivity index is 2.05. The topological polar surface area (TPSA) is 79.6 Å². The van der Waals surface area contributed by atoms with E-state index in [1.807, 2.05) is 30.3 Å². The van der Waals surface area contributed by atoms with Crippen LogP contribution in [0.2, 0.25) is 0 Å². The third-order valence-corrected chi connectivity index (χ3v) is 3.63. The molecule has 1 saturated heterocycles. The fourth-order valence-corrected chi connectivity index (χ4v) is 2.56. The first-order valence-electron chi connectivity index (χ1n) is 7.93. The Hall–Kier alpha value is -2.55. The fourth-order valence-electron chi connectivity index (χ4n) is 2.56. The van der Waals surface area contributed by atoms with Crippen molar-refractivity contribution in [1.82, 2.24) is 4.90 Å². The zero-order valence-electron chi connectivity index (χ0n) is 14.2. The highest BCUT2D eigenvalue weighted by molar-refractivity contribution is 5.82. The smallest absolute Gasteiger partial charge is 0.412 e. The quantitative estimate of drug-likeness (QED) is 0.796. The number of carbonyl (C=O) groups is 2. The van der Waals surface area contributed by atoms with E-state index in [0.717, 1.165) is 5.56 Å². The van der Waals surface area contributed by atoms with Crippen LogP contribution in [0.4, 0.5) is 4.79 Å². The number of likely N-dealkylation sites (tertiary alicyclic amines) is 1. The molecule has 1 amide bonds. The number of nitriles is 1. The van der Waals surface area contributed by atoms with Crippen molar-refractivity contribution in [1.29, 1.82) is 5.26 Å². The van der Waals surface area contributed by atoms with Gasteiger partial charge in [0.1, 0.15) is 24.3 Å². The van der Waals surface area contributed by atoms with Gasteiger partial charge in [-0.1, -0.05) is 30.3 Å². The molecule has 1 fully saturated rings. The van der Waals surface area contributed by atoms with E-state index < -0.39 is 29.7 Å². The third kappa shape index (κ3) is 4.48. The fraction of sp³-hybridized carbons (Fsp3) is 0.500. The first-order valence-corrected chi connectivity index (χ1v) is 7.93. The summed E-state index contributed by atoms with van der Waals surface area (Å²) in [4.78, 5) is 26.0. The Morgan fingerprint density at radius 1 is 1.25 bits per heavy atom. The number of amides is 1. The molecule has 0 bridgehead atoms. The number of benzene rings is 1. The average molecular weight is 330 g/mol. The minimum absolute atomic E-state index is 0.134. The normalized spacial score (nSPS) is 20.3. The van der Waals surface area contributed by atoms with Crippen molar-refractivity contribution in [3.05, 3.63) is 35.9 Å². The van der Waals surface area contributed by atoms with Crippen LogP contribution in [0.1, 0.15) is 39.2 Å². The maximum absolute atomic E-state index is 12.4. The Bertz CT molecular complexity index is 631. The van der Waals surface area contributed by atoms with Crippen molar-refractivity contribution in [2.24, 2.45) is 0 Å². The monoisotopic (exact) mass is 330 g/mol. The van der Waals surface area contributed by atoms with Gasteiger partial charge in [0.05, 0.1) is 6.07 Å². The van der Waals surface area contributed by atoms with Crippen molar-refractivity contribution < 1.29 is 19.1 Å². The lowest BCUT2D eigenvalue weighted by molar-refractivity contribution is -0.150. The number of esters is 1. The van der Waals surface area contributed by atoms with Crippen LogP contribution < -0.4 is 0 Å². The van der Waals surface area contributed by atoms with E-state index in [2.05, 4.69) is 6.07 Å². The van der Waals surface area contributed by atoms with Gasteiger partial charge in [-0.3, -0.25) is 4.90 Å². The minimum atomic E-state index is -0.784. The van der Waals surface area contributed by atoms with Gasteiger partial charge in [0, 0.05) is 0 Å². The average Bonchev–Trinajstić information content (AvgIpc) is 2.96. The summed E-state index contributed by atoms with van der Waals surface area (Å²) in [6, 6.07) is 9.90. The molecular formula is C18H22N2O4. The van der Waals surface area contributed by atoms with Crippen LogP contribution in [0.15, 0.2) is 30.3 Å². The van der Waals surface area contributed by atoms with Crippen molar-refractivity contribution >= 4 is 12.1 Å². The summed E-state index contributed by atoms with van der Waals surface area (Å²) in [5.41, 5.74) is 0.169. The highest BCUT2D eigenvalue weighted by Gasteiger charge is 2.44. The highest BCUT2D eigenvalue weighted by Crippen LogP contribution is 2.27. The summed E-state index contributed by atoms with van der Waals surface area (Å²) < 4.78 is 10.6. The van der Waals surface area contributed by atoms with Gasteiger partial charge in [-0.05, 0) is 39.2 Å². The Morgan fingerprint density at radius 2 is 1.92 bits per heavy atom. The molecule has 1 aromatic rings. The number of hydrogen-bond donors (Lipinski definition) is 0. The van der Waals surface area contributed by atoms with E-state index in [1.165, 1.54) is 4.90 Å². The molecule has 1 aliphatic rings. The lowest BCUT2D eigenvalue weighted by Crippen LogP contribution is -2.47. The second-order valence-corrected chi connectivity index (χ2v) is 6.72. The van der Waals surface area contributed by atoms with Crippen molar-refractivity contribution in [2.75, 3.05) is 0 Å². The van der Waals surface area contributed by atoms with E-state index in [9.17, 15) is 14.9 Å². The molecule has 2 atom stereocenters. The van der Waals surface area contributed by atoms with Gasteiger partial charge in [0.25, 0.3) is 0 Å². The van der Waals surface area contributed by atoms with E-state index >= 15 is 0 Å². The first kappa shape index (κ1) is 17.8. The molecule has 1 aromatic carbocycles. The predicted octanol–water partition coefficient (Wildman–Crippen LogP) is 3.02. The zero-order valence-corrected chi connectivity index (χ0v) is 14.2. The Morgan fingerprint density at radius 3 is 2.50 bits per heavy atom. The van der Waals surface area contributed by atoms with Crippen molar-refractivity contribution in [2.45, 2.75) is 57.9 Å². The lowest BCUT2D eigenvalue weighted by atomic mass is 10.2. The largest absolute Gasteiger partial charge is 0.459 e. The van der Waals surface area contributed by atoms with Crippen LogP contribution in [0.25, 0.3) is 0 Å². The van der Waals surface area contributed by atoms with Gasteiger partial charge < -0.3 is 9.47 Å². The SMILES string of the molecule is CC(C)(C)OC(=O)N1[C@@H](C#N)CC[C@H]1C(=O)OCc1ccccc1. The van der Waals surface area contributed by atoms with Crippen LogP contribution in [0.3, 0.4) is 0 Å². The van der Waals surface area contributed by atoms with Gasteiger partial charge >= 0.3 is 12.1 Å². The number of nitrogens with zero attached hydrogens (tertiary/aromatic N) is 2. The lowest BCUT2D eigenvalue weighted by Gasteiger charge is -2.29. The van der Waals surface area contributed by atoms with Gasteiger partial charge in [0.2, 0.25) is 0 Å². The Kier molecular flexibility index (Phi) is 5.45.